The fourth-order valence-corrected chi connectivity index (χ4v) is 2.79. The summed E-state index contributed by atoms with van der Waals surface area (Å²) in [6.45, 7) is 3.54. The maximum Gasteiger partial charge on any atom is 0.295 e. The number of anilines is 1. The normalized spacial score (nSPS) is 11.4. The number of para-hydroxylation sites is 1. The van der Waals surface area contributed by atoms with Crippen LogP contribution in [0.5, 0.6) is 0 Å². The predicted molar refractivity (Wildman–Crippen MR) is 104 cm³/mol. The Hall–Kier alpha value is -3.34. The first-order valence-electron chi connectivity index (χ1n) is 8.37. The summed E-state index contributed by atoms with van der Waals surface area (Å²) in [6.07, 6.45) is 1.79. The fourth-order valence-electron chi connectivity index (χ4n) is 2.79. The lowest BCUT2D eigenvalue weighted by molar-refractivity contribution is -0.112. The van der Waals surface area contributed by atoms with Gasteiger partial charge in [0.05, 0.1) is 11.4 Å². The number of nitrogens with zero attached hydrogens (tertiary/aromatic N) is 2. The van der Waals surface area contributed by atoms with E-state index in [0.717, 1.165) is 11.3 Å². The van der Waals surface area contributed by atoms with Crippen LogP contribution in [0.25, 0.3) is 11.8 Å². The minimum Gasteiger partial charge on any atom is -0.316 e. The van der Waals surface area contributed by atoms with E-state index in [1.807, 2.05) is 67.6 Å². The second kappa shape index (κ2) is 7.27. The van der Waals surface area contributed by atoms with Crippen molar-refractivity contribution >= 4 is 17.7 Å². The number of nitrogens with one attached hydrogen (secondary N) is 1. The van der Waals surface area contributed by atoms with Crippen LogP contribution < -0.4 is 10.9 Å². The van der Waals surface area contributed by atoms with Gasteiger partial charge in [-0.15, -0.1) is 0 Å². The van der Waals surface area contributed by atoms with Crippen LogP contribution in [0, 0.1) is 6.92 Å². The van der Waals surface area contributed by atoms with Gasteiger partial charge in [-0.25, -0.2) is 4.68 Å². The number of carbonyl (C=O) groups is 1. The number of aromatic nitrogens is 2. The quantitative estimate of drug-likeness (QED) is 0.734. The molecule has 3 aromatic rings. The van der Waals surface area contributed by atoms with E-state index in [-0.39, 0.29) is 11.5 Å². The Bertz CT molecular complexity index is 1010. The van der Waals surface area contributed by atoms with Gasteiger partial charge in [0.25, 0.3) is 11.5 Å². The molecule has 0 radical (unpaired) electrons. The van der Waals surface area contributed by atoms with E-state index in [0.29, 0.717) is 17.0 Å². The monoisotopic (exact) mass is 347 g/mol. The Morgan fingerprint density at radius 1 is 1.00 bits per heavy atom. The van der Waals surface area contributed by atoms with Gasteiger partial charge < -0.3 is 5.32 Å². The second-order valence-electron chi connectivity index (χ2n) is 6.13. The Labute approximate surface area is 152 Å². The highest BCUT2D eigenvalue weighted by Gasteiger charge is 2.18. The van der Waals surface area contributed by atoms with Gasteiger partial charge in [0.2, 0.25) is 0 Å². The lowest BCUT2D eigenvalue weighted by Gasteiger charge is -2.07. The van der Waals surface area contributed by atoms with Gasteiger partial charge in [0.1, 0.15) is 5.69 Å². The molecule has 0 unspecified atom stereocenters. The molecule has 0 saturated heterocycles. The smallest absolute Gasteiger partial charge is 0.295 e. The van der Waals surface area contributed by atoms with E-state index < -0.39 is 0 Å². The molecule has 1 amide bonds. The Morgan fingerprint density at radius 2 is 1.58 bits per heavy atom. The van der Waals surface area contributed by atoms with Crippen molar-refractivity contribution in [2.24, 2.45) is 7.05 Å². The van der Waals surface area contributed by atoms with Gasteiger partial charge in [0, 0.05) is 12.6 Å². The minimum absolute atomic E-state index is 0.253. The predicted octanol–water partition coefficient (Wildman–Crippen LogP) is 3.53. The summed E-state index contributed by atoms with van der Waals surface area (Å²) in [5.74, 6) is -0.292. The molecule has 0 aliphatic heterocycles. The van der Waals surface area contributed by atoms with Gasteiger partial charge in [-0.2, -0.15) is 0 Å². The molecule has 1 heterocycles. The number of hydrogen-bond donors (Lipinski definition) is 1. The van der Waals surface area contributed by atoms with Crippen LogP contribution in [0.3, 0.4) is 0 Å². The van der Waals surface area contributed by atoms with Gasteiger partial charge in [-0.3, -0.25) is 14.3 Å². The van der Waals surface area contributed by atoms with E-state index in [4.69, 9.17) is 0 Å². The molecule has 0 fully saturated rings. The van der Waals surface area contributed by atoms with Crippen molar-refractivity contribution in [3.8, 4) is 5.69 Å². The third kappa shape index (κ3) is 3.37. The lowest BCUT2D eigenvalue weighted by atomic mass is 10.1. The van der Waals surface area contributed by atoms with Crippen molar-refractivity contribution < 1.29 is 4.79 Å². The molecule has 0 bridgehead atoms. The maximum atomic E-state index is 12.8. The molecular weight excluding hydrogens is 326 g/mol. The first-order valence-corrected chi connectivity index (χ1v) is 8.37. The van der Waals surface area contributed by atoms with Crippen LogP contribution in [0.15, 0.2) is 71.0 Å². The first kappa shape index (κ1) is 17.5. The van der Waals surface area contributed by atoms with Gasteiger partial charge in [-0.05, 0) is 37.6 Å². The number of benzene rings is 2. The highest BCUT2D eigenvalue weighted by molar-refractivity contribution is 6.06. The maximum absolute atomic E-state index is 12.8. The molecule has 132 valence electrons. The number of rotatable bonds is 4. The topological polar surface area (TPSA) is 56.0 Å². The van der Waals surface area contributed by atoms with Crippen LogP contribution in [0.4, 0.5) is 5.69 Å². The summed E-state index contributed by atoms with van der Waals surface area (Å²) in [4.78, 5) is 25.4. The second-order valence-corrected chi connectivity index (χ2v) is 6.13. The minimum atomic E-state index is -0.292. The molecule has 0 aliphatic carbocycles. The summed E-state index contributed by atoms with van der Waals surface area (Å²) in [7, 11) is 1.80. The van der Waals surface area contributed by atoms with Crippen molar-refractivity contribution in [2.75, 3.05) is 5.32 Å². The van der Waals surface area contributed by atoms with E-state index in [2.05, 4.69) is 5.32 Å². The fraction of sp³-hybridized carbons (Fsp3) is 0.143. The summed E-state index contributed by atoms with van der Waals surface area (Å²) < 4.78 is 3.28. The summed E-state index contributed by atoms with van der Waals surface area (Å²) in [5.41, 5.74) is 2.95. The SMILES string of the molecule is C/C(=C\c1ccccc1)C(=O)Nc1c(C)n(C)n(-c2ccccc2)c1=O. The van der Waals surface area contributed by atoms with E-state index in [1.54, 1.807) is 29.4 Å². The summed E-state index contributed by atoms with van der Waals surface area (Å²) >= 11 is 0. The van der Waals surface area contributed by atoms with Crippen molar-refractivity contribution in [1.82, 2.24) is 9.36 Å². The molecule has 26 heavy (non-hydrogen) atoms. The van der Waals surface area contributed by atoms with Crippen LogP contribution in [0.1, 0.15) is 18.2 Å². The number of hydrogen-bond acceptors (Lipinski definition) is 2. The third-order valence-electron chi connectivity index (χ3n) is 4.33. The molecule has 0 saturated carbocycles. The zero-order valence-corrected chi connectivity index (χ0v) is 15.1. The molecule has 5 heteroatoms. The molecule has 3 rings (SSSR count). The van der Waals surface area contributed by atoms with Crippen LogP contribution in [0.2, 0.25) is 0 Å². The Kier molecular flexibility index (Phi) is 4.89. The van der Waals surface area contributed by atoms with Crippen LogP contribution in [-0.4, -0.2) is 15.3 Å². The van der Waals surface area contributed by atoms with E-state index in [1.165, 1.54) is 0 Å². The van der Waals surface area contributed by atoms with Crippen LogP contribution >= 0.6 is 0 Å². The largest absolute Gasteiger partial charge is 0.316 e. The van der Waals surface area contributed by atoms with Crippen molar-refractivity contribution in [3.63, 3.8) is 0 Å². The van der Waals surface area contributed by atoms with Crippen molar-refractivity contribution in [2.45, 2.75) is 13.8 Å². The average molecular weight is 347 g/mol. The molecular formula is C21H21N3O2. The van der Waals surface area contributed by atoms with Crippen molar-refractivity contribution in [3.05, 3.63) is 87.8 Å². The number of amides is 1. The van der Waals surface area contributed by atoms with Gasteiger partial charge >= 0.3 is 0 Å². The standard InChI is InChI=1S/C21H21N3O2/c1-15(14-17-10-6-4-7-11-17)20(25)22-19-16(2)23(3)24(21(19)26)18-12-8-5-9-13-18/h4-14H,1-3H3,(H,22,25)/b15-14+. The summed E-state index contributed by atoms with van der Waals surface area (Å²) in [5, 5.41) is 2.77. The van der Waals surface area contributed by atoms with E-state index >= 15 is 0 Å². The van der Waals surface area contributed by atoms with Gasteiger partial charge in [0.15, 0.2) is 0 Å². The Balaban J connectivity index is 1.92. The molecule has 0 atom stereocenters. The molecule has 1 N–H and O–H groups in total. The zero-order valence-electron chi connectivity index (χ0n) is 15.1. The first-order chi connectivity index (χ1) is 12.5. The third-order valence-corrected chi connectivity index (χ3v) is 4.33. The number of carbonyl (C=O) groups excluding carboxylic acids is 1. The van der Waals surface area contributed by atoms with Gasteiger partial charge in [-0.1, -0.05) is 48.5 Å². The van der Waals surface area contributed by atoms with Crippen LogP contribution in [-0.2, 0) is 11.8 Å². The zero-order chi connectivity index (χ0) is 18.7. The highest BCUT2D eigenvalue weighted by Crippen LogP contribution is 2.15. The molecule has 0 spiro atoms. The lowest BCUT2D eigenvalue weighted by Crippen LogP contribution is -2.23. The Morgan fingerprint density at radius 3 is 2.19 bits per heavy atom. The molecule has 2 aromatic carbocycles. The highest BCUT2D eigenvalue weighted by atomic mass is 16.2. The molecule has 0 aliphatic rings. The van der Waals surface area contributed by atoms with E-state index in [9.17, 15) is 9.59 Å². The molecule has 5 nitrogen and oxygen atoms in total. The van der Waals surface area contributed by atoms with Crippen molar-refractivity contribution in [1.29, 1.82) is 0 Å². The molecule has 1 aromatic heterocycles. The summed E-state index contributed by atoms with van der Waals surface area (Å²) in [6, 6.07) is 18.9. The average Bonchev–Trinajstić information content (AvgIpc) is 2.86.